The lowest BCUT2D eigenvalue weighted by molar-refractivity contribution is 0.669. The van der Waals surface area contributed by atoms with Crippen molar-refractivity contribution >= 4 is 99.7 Å². The van der Waals surface area contributed by atoms with Gasteiger partial charge in [0.25, 0.3) is 0 Å². The Balaban J connectivity index is 1.15. The minimum atomic E-state index is -2.04. The number of fused-ring (bicyclic) bond motifs is 11. The molecule has 3 heterocycles. The fraction of sp³-hybridized carbons (Fsp3) is 0.0417. The third-order valence-electron chi connectivity index (χ3n) is 11.3. The number of anilines is 3. The Bertz CT molecular complexity index is 3070. The SMILES string of the molecule is C[Si]1(C)c2cc(N(c3cccc(-c4cccc5ccccc45)c3)c3cccc4c3oc3ccccc34)ccc2-c2c1ccc1c2sc2ccccc21. The van der Waals surface area contributed by atoms with Crippen molar-refractivity contribution in [2.45, 2.75) is 13.1 Å². The van der Waals surface area contributed by atoms with Gasteiger partial charge in [0, 0.05) is 42.3 Å². The molecule has 0 amide bonds. The first kappa shape index (κ1) is 29.8. The van der Waals surface area contributed by atoms with Crippen molar-refractivity contribution in [1.29, 1.82) is 0 Å². The van der Waals surface area contributed by atoms with Crippen LogP contribution in [0.2, 0.25) is 13.1 Å². The molecule has 1 aliphatic rings. The van der Waals surface area contributed by atoms with E-state index in [9.17, 15) is 0 Å². The Morgan fingerprint density at radius 2 is 1.25 bits per heavy atom. The summed E-state index contributed by atoms with van der Waals surface area (Å²) in [4.78, 5) is 2.42. The Morgan fingerprint density at radius 3 is 2.17 bits per heavy atom. The molecule has 11 rings (SSSR count). The van der Waals surface area contributed by atoms with Crippen molar-refractivity contribution in [2.24, 2.45) is 0 Å². The van der Waals surface area contributed by atoms with Crippen LogP contribution < -0.4 is 15.3 Å². The smallest absolute Gasteiger partial charge is 0.159 e. The number of para-hydroxylation sites is 2. The van der Waals surface area contributed by atoms with E-state index in [0.29, 0.717) is 0 Å². The first-order chi connectivity index (χ1) is 25.5. The van der Waals surface area contributed by atoms with Crippen molar-refractivity contribution in [3.8, 4) is 22.3 Å². The van der Waals surface area contributed by atoms with E-state index in [4.69, 9.17) is 4.42 Å². The Hall–Kier alpha value is -5.94. The van der Waals surface area contributed by atoms with Gasteiger partial charge in [-0.1, -0.05) is 134 Å². The molecule has 0 saturated carbocycles. The fourth-order valence-electron chi connectivity index (χ4n) is 8.75. The summed E-state index contributed by atoms with van der Waals surface area (Å²) in [7, 11) is -2.04. The van der Waals surface area contributed by atoms with Gasteiger partial charge in [-0.25, -0.2) is 0 Å². The third-order valence-corrected chi connectivity index (χ3v) is 16.0. The lowest BCUT2D eigenvalue weighted by Gasteiger charge is -2.28. The van der Waals surface area contributed by atoms with E-state index in [0.717, 1.165) is 39.0 Å². The second-order valence-corrected chi connectivity index (χ2v) is 19.9. The normalized spacial score (nSPS) is 13.3. The third kappa shape index (κ3) is 4.22. The molecule has 4 heteroatoms. The van der Waals surface area contributed by atoms with Crippen LogP contribution in [0, 0.1) is 0 Å². The van der Waals surface area contributed by atoms with Crippen LogP contribution in [-0.4, -0.2) is 8.07 Å². The molecular formula is C48H33NOSSi. The van der Waals surface area contributed by atoms with E-state index in [1.807, 2.05) is 17.4 Å². The molecule has 52 heavy (non-hydrogen) atoms. The molecule has 2 aromatic heterocycles. The van der Waals surface area contributed by atoms with Crippen molar-refractivity contribution < 1.29 is 4.42 Å². The van der Waals surface area contributed by atoms with Gasteiger partial charge in [-0.3, -0.25) is 0 Å². The minimum Gasteiger partial charge on any atom is -0.454 e. The molecule has 8 aromatic carbocycles. The molecule has 0 radical (unpaired) electrons. The van der Waals surface area contributed by atoms with Crippen molar-refractivity contribution in [3.63, 3.8) is 0 Å². The van der Waals surface area contributed by atoms with Crippen molar-refractivity contribution in [1.82, 2.24) is 0 Å². The highest BCUT2D eigenvalue weighted by Crippen LogP contribution is 2.46. The van der Waals surface area contributed by atoms with E-state index in [1.165, 1.54) is 63.6 Å². The topological polar surface area (TPSA) is 16.4 Å². The van der Waals surface area contributed by atoms with Gasteiger partial charge < -0.3 is 9.32 Å². The first-order valence-corrected chi connectivity index (χ1v) is 21.7. The molecule has 246 valence electrons. The van der Waals surface area contributed by atoms with Crippen molar-refractivity contribution in [2.75, 3.05) is 4.90 Å². The average Bonchev–Trinajstić information content (AvgIpc) is 3.83. The summed E-state index contributed by atoms with van der Waals surface area (Å²) < 4.78 is 9.48. The maximum atomic E-state index is 6.71. The summed E-state index contributed by atoms with van der Waals surface area (Å²) in [6.07, 6.45) is 0. The highest BCUT2D eigenvalue weighted by Gasteiger charge is 2.39. The summed E-state index contributed by atoms with van der Waals surface area (Å²) in [5.41, 5.74) is 10.3. The number of thiophene rings is 1. The lowest BCUT2D eigenvalue weighted by atomic mass is 9.97. The lowest BCUT2D eigenvalue weighted by Crippen LogP contribution is -2.49. The molecule has 0 aliphatic carbocycles. The number of benzene rings is 8. The van der Waals surface area contributed by atoms with Crippen LogP contribution in [0.1, 0.15) is 0 Å². The van der Waals surface area contributed by atoms with Gasteiger partial charge in [0.1, 0.15) is 13.7 Å². The van der Waals surface area contributed by atoms with E-state index < -0.39 is 8.07 Å². The summed E-state index contributed by atoms with van der Waals surface area (Å²) in [6, 6.07) is 60.1. The maximum absolute atomic E-state index is 6.71. The zero-order chi connectivity index (χ0) is 34.6. The molecule has 0 N–H and O–H groups in total. The molecule has 0 fully saturated rings. The number of rotatable bonds is 4. The predicted molar refractivity (Wildman–Crippen MR) is 226 cm³/mol. The van der Waals surface area contributed by atoms with Gasteiger partial charge in [-0.2, -0.15) is 0 Å². The Kier molecular flexibility index (Phi) is 6.31. The standard InChI is InChI=1S/C48H33NOSSi/c1-52(2)44-27-26-39-37-18-6-8-23-43(37)51-48(39)46(44)40-25-24-33(29-45(40)52)49(41-21-11-20-38-36-17-5-7-22-42(36)50-47(38)41)32-15-9-14-31(28-32)35-19-10-13-30-12-3-4-16-34(30)35/h3-29H,1-2H3. The largest absolute Gasteiger partial charge is 0.454 e. The summed E-state index contributed by atoms with van der Waals surface area (Å²) in [5, 5.41) is 10.5. The highest BCUT2D eigenvalue weighted by molar-refractivity contribution is 7.26. The van der Waals surface area contributed by atoms with Gasteiger partial charge >= 0.3 is 0 Å². The first-order valence-electron chi connectivity index (χ1n) is 17.9. The van der Waals surface area contributed by atoms with Crippen LogP contribution in [0.4, 0.5) is 17.1 Å². The number of hydrogen-bond donors (Lipinski definition) is 0. The van der Waals surface area contributed by atoms with E-state index in [2.05, 4.69) is 176 Å². The summed E-state index contributed by atoms with van der Waals surface area (Å²) >= 11 is 1.94. The quantitative estimate of drug-likeness (QED) is 0.170. The predicted octanol–water partition coefficient (Wildman–Crippen LogP) is 13.0. The van der Waals surface area contributed by atoms with Crippen LogP contribution >= 0.6 is 11.3 Å². The maximum Gasteiger partial charge on any atom is 0.159 e. The molecule has 10 aromatic rings. The Labute approximate surface area is 306 Å². The van der Waals surface area contributed by atoms with Gasteiger partial charge in [-0.15, -0.1) is 11.3 Å². The molecule has 1 aliphatic heterocycles. The fourth-order valence-corrected chi connectivity index (χ4v) is 13.2. The second kappa shape index (κ2) is 11.0. The number of furan rings is 1. The van der Waals surface area contributed by atoms with Gasteiger partial charge in [0.15, 0.2) is 5.58 Å². The van der Waals surface area contributed by atoms with Gasteiger partial charge in [-0.05, 0) is 85.9 Å². The van der Waals surface area contributed by atoms with Crippen molar-refractivity contribution in [3.05, 3.63) is 164 Å². The number of nitrogens with zero attached hydrogens (tertiary/aromatic N) is 1. The molecule has 0 spiro atoms. The van der Waals surface area contributed by atoms with Crippen LogP contribution in [0.25, 0.3) is 75.1 Å². The average molecular weight is 700 g/mol. The summed E-state index contributed by atoms with van der Waals surface area (Å²) in [5.74, 6) is 0. The van der Waals surface area contributed by atoms with Gasteiger partial charge in [0.2, 0.25) is 0 Å². The second-order valence-electron chi connectivity index (χ2n) is 14.5. The van der Waals surface area contributed by atoms with Gasteiger partial charge in [0.05, 0.1) is 5.69 Å². The molecular weight excluding hydrogens is 667 g/mol. The highest BCUT2D eigenvalue weighted by atomic mass is 32.1. The monoisotopic (exact) mass is 699 g/mol. The molecule has 0 unspecified atom stereocenters. The molecule has 0 atom stereocenters. The zero-order valence-electron chi connectivity index (χ0n) is 28.9. The van der Waals surface area contributed by atoms with Crippen LogP contribution in [0.3, 0.4) is 0 Å². The number of hydrogen-bond acceptors (Lipinski definition) is 3. The minimum absolute atomic E-state index is 0.895. The zero-order valence-corrected chi connectivity index (χ0v) is 30.7. The Morgan fingerprint density at radius 1 is 0.519 bits per heavy atom. The van der Waals surface area contributed by atoms with Crippen LogP contribution in [-0.2, 0) is 0 Å². The van der Waals surface area contributed by atoms with E-state index >= 15 is 0 Å². The molecule has 2 nitrogen and oxygen atoms in total. The van der Waals surface area contributed by atoms with Crippen LogP contribution in [0.5, 0.6) is 0 Å². The summed E-state index contributed by atoms with van der Waals surface area (Å²) in [6.45, 7) is 5.04. The molecule has 0 bridgehead atoms. The van der Waals surface area contributed by atoms with E-state index in [-0.39, 0.29) is 0 Å². The molecule has 0 saturated heterocycles. The van der Waals surface area contributed by atoms with Crippen LogP contribution in [0.15, 0.2) is 168 Å². The van der Waals surface area contributed by atoms with E-state index in [1.54, 1.807) is 0 Å².